The molecule has 1 aromatic heterocycles. The van der Waals surface area contributed by atoms with Crippen LogP contribution in [0.3, 0.4) is 0 Å². The van der Waals surface area contributed by atoms with E-state index in [4.69, 9.17) is 5.73 Å². The molecule has 0 fully saturated rings. The van der Waals surface area contributed by atoms with Crippen LogP contribution in [0.1, 0.15) is 15.9 Å². The number of nitrogens with two attached hydrogens (primary N) is 1. The van der Waals surface area contributed by atoms with Crippen LogP contribution in [0.25, 0.3) is 0 Å². The molecule has 80 valence electrons. The molecule has 0 unspecified atom stereocenters. The molecule has 0 aliphatic heterocycles. The number of nitrogens with zero attached hydrogens (tertiary/aromatic N) is 2. The van der Waals surface area contributed by atoms with Gasteiger partial charge in [-0.2, -0.15) is 0 Å². The quantitative estimate of drug-likeness (QED) is 0.853. The average Bonchev–Trinajstić information content (AvgIpc) is 2.30. The minimum absolute atomic E-state index is 0.118. The van der Waals surface area contributed by atoms with E-state index in [1.54, 1.807) is 12.1 Å². The molecule has 0 saturated heterocycles. The van der Waals surface area contributed by atoms with E-state index in [2.05, 4.69) is 25.9 Å². The van der Waals surface area contributed by atoms with Gasteiger partial charge in [0.1, 0.15) is 0 Å². The maximum atomic E-state index is 11.9. The summed E-state index contributed by atoms with van der Waals surface area (Å²) in [5.74, 6) is 0.0415. The van der Waals surface area contributed by atoms with E-state index in [9.17, 15) is 4.79 Å². The van der Waals surface area contributed by atoms with Crippen LogP contribution in [0.2, 0.25) is 0 Å². The highest BCUT2D eigenvalue weighted by Gasteiger charge is 2.09. The minimum atomic E-state index is -0.118. The number of ketones is 1. The molecule has 16 heavy (non-hydrogen) atoms. The van der Waals surface area contributed by atoms with Crippen molar-refractivity contribution in [2.24, 2.45) is 0 Å². The molecule has 0 bridgehead atoms. The van der Waals surface area contributed by atoms with Crippen LogP contribution in [-0.2, 0) is 0 Å². The lowest BCUT2D eigenvalue weighted by Gasteiger charge is -2.00. The van der Waals surface area contributed by atoms with Gasteiger partial charge in [0.2, 0.25) is 5.95 Å². The van der Waals surface area contributed by atoms with Crippen LogP contribution >= 0.6 is 15.9 Å². The number of nitrogen functional groups attached to an aromatic ring is 1. The first-order valence-corrected chi connectivity index (χ1v) is 5.34. The predicted molar refractivity (Wildman–Crippen MR) is 64.0 cm³/mol. The van der Waals surface area contributed by atoms with Crippen LogP contribution < -0.4 is 5.73 Å². The topological polar surface area (TPSA) is 68.9 Å². The van der Waals surface area contributed by atoms with E-state index >= 15 is 0 Å². The van der Waals surface area contributed by atoms with Gasteiger partial charge in [-0.1, -0.05) is 15.9 Å². The Bertz CT molecular complexity index is 460. The summed E-state index contributed by atoms with van der Waals surface area (Å²) in [5, 5.41) is 0. The number of rotatable bonds is 2. The molecule has 0 atom stereocenters. The third-order valence-electron chi connectivity index (χ3n) is 2.04. The number of carbonyl (C=O) groups excluding carboxylic acids is 1. The maximum Gasteiger partial charge on any atom is 0.219 e. The Morgan fingerprint density at radius 2 is 1.62 bits per heavy atom. The Balaban J connectivity index is 2.32. The summed E-state index contributed by atoms with van der Waals surface area (Å²) in [5.41, 5.74) is 6.37. The first-order chi connectivity index (χ1) is 7.66. The molecule has 0 radical (unpaired) electrons. The van der Waals surface area contributed by atoms with Gasteiger partial charge in [0.05, 0.1) is 5.56 Å². The van der Waals surface area contributed by atoms with Crippen molar-refractivity contribution in [1.82, 2.24) is 9.97 Å². The third kappa shape index (κ3) is 2.25. The maximum absolute atomic E-state index is 11.9. The number of hydrogen-bond acceptors (Lipinski definition) is 4. The monoisotopic (exact) mass is 277 g/mol. The van der Waals surface area contributed by atoms with E-state index in [0.717, 1.165) is 4.47 Å². The Morgan fingerprint density at radius 1 is 1.06 bits per heavy atom. The molecule has 1 aromatic carbocycles. The molecule has 0 saturated carbocycles. The Labute approximate surface area is 101 Å². The van der Waals surface area contributed by atoms with Crippen molar-refractivity contribution in [2.45, 2.75) is 0 Å². The molecule has 2 aromatic rings. The van der Waals surface area contributed by atoms with Gasteiger partial charge >= 0.3 is 0 Å². The van der Waals surface area contributed by atoms with Crippen LogP contribution in [0.5, 0.6) is 0 Å². The number of aromatic nitrogens is 2. The van der Waals surface area contributed by atoms with Gasteiger partial charge in [-0.05, 0) is 24.3 Å². The molecule has 0 aliphatic rings. The Morgan fingerprint density at radius 3 is 2.19 bits per heavy atom. The zero-order chi connectivity index (χ0) is 11.5. The third-order valence-corrected chi connectivity index (χ3v) is 2.57. The fraction of sp³-hybridized carbons (Fsp3) is 0. The summed E-state index contributed by atoms with van der Waals surface area (Å²) in [6.07, 6.45) is 2.85. The number of halogens is 1. The van der Waals surface area contributed by atoms with E-state index < -0.39 is 0 Å². The molecule has 0 aliphatic carbocycles. The Kier molecular flexibility index (Phi) is 2.96. The van der Waals surface area contributed by atoms with Crippen molar-refractivity contribution >= 4 is 27.7 Å². The summed E-state index contributed by atoms with van der Waals surface area (Å²) in [7, 11) is 0. The lowest BCUT2D eigenvalue weighted by molar-refractivity contribution is 0.103. The van der Waals surface area contributed by atoms with E-state index in [0.29, 0.717) is 11.1 Å². The van der Waals surface area contributed by atoms with E-state index in [-0.39, 0.29) is 11.7 Å². The molecule has 0 spiro atoms. The van der Waals surface area contributed by atoms with Crippen molar-refractivity contribution in [3.8, 4) is 0 Å². The summed E-state index contributed by atoms with van der Waals surface area (Å²) < 4.78 is 0.928. The summed E-state index contributed by atoms with van der Waals surface area (Å²) >= 11 is 3.31. The normalized spacial score (nSPS) is 10.1. The second-order valence-corrected chi connectivity index (χ2v) is 4.08. The van der Waals surface area contributed by atoms with E-state index in [1.807, 2.05) is 12.1 Å². The van der Waals surface area contributed by atoms with Crippen molar-refractivity contribution < 1.29 is 4.79 Å². The summed E-state index contributed by atoms with van der Waals surface area (Å²) in [4.78, 5) is 19.5. The number of benzene rings is 1. The smallest absolute Gasteiger partial charge is 0.219 e. The van der Waals surface area contributed by atoms with Crippen LogP contribution in [0.4, 0.5) is 5.95 Å². The molecule has 2 N–H and O–H groups in total. The largest absolute Gasteiger partial charge is 0.368 e. The van der Waals surface area contributed by atoms with Crippen LogP contribution in [-0.4, -0.2) is 15.8 Å². The molecule has 2 rings (SSSR count). The van der Waals surface area contributed by atoms with Crippen LogP contribution in [0.15, 0.2) is 41.1 Å². The molecular weight excluding hydrogens is 270 g/mol. The highest BCUT2D eigenvalue weighted by molar-refractivity contribution is 9.10. The van der Waals surface area contributed by atoms with Crippen molar-refractivity contribution in [3.63, 3.8) is 0 Å². The second-order valence-electron chi connectivity index (χ2n) is 3.17. The lowest BCUT2D eigenvalue weighted by atomic mass is 10.1. The molecule has 0 amide bonds. The first kappa shape index (κ1) is 10.8. The lowest BCUT2D eigenvalue weighted by Crippen LogP contribution is -2.04. The van der Waals surface area contributed by atoms with Crippen molar-refractivity contribution in [3.05, 3.63) is 52.3 Å². The SMILES string of the molecule is Nc1ncc(C(=O)c2ccc(Br)cc2)cn1. The number of carbonyl (C=O) groups is 1. The van der Waals surface area contributed by atoms with Gasteiger partial charge in [0.15, 0.2) is 5.78 Å². The average molecular weight is 278 g/mol. The van der Waals surface area contributed by atoms with Gasteiger partial charge < -0.3 is 5.73 Å². The van der Waals surface area contributed by atoms with Crippen LogP contribution in [0, 0.1) is 0 Å². The summed E-state index contributed by atoms with van der Waals surface area (Å²) in [6, 6.07) is 7.10. The van der Waals surface area contributed by atoms with Gasteiger partial charge in [0, 0.05) is 22.4 Å². The first-order valence-electron chi connectivity index (χ1n) is 4.54. The fourth-order valence-corrected chi connectivity index (χ4v) is 1.49. The van der Waals surface area contributed by atoms with E-state index in [1.165, 1.54) is 12.4 Å². The summed E-state index contributed by atoms with van der Waals surface area (Å²) in [6.45, 7) is 0. The molecule has 1 heterocycles. The van der Waals surface area contributed by atoms with Gasteiger partial charge in [-0.25, -0.2) is 9.97 Å². The highest BCUT2D eigenvalue weighted by Crippen LogP contribution is 2.13. The van der Waals surface area contributed by atoms with Gasteiger partial charge in [-0.15, -0.1) is 0 Å². The van der Waals surface area contributed by atoms with Crippen molar-refractivity contribution in [1.29, 1.82) is 0 Å². The zero-order valence-electron chi connectivity index (χ0n) is 8.22. The number of anilines is 1. The standard InChI is InChI=1S/C11H8BrN3O/c12-9-3-1-7(2-4-9)10(16)8-5-14-11(13)15-6-8/h1-6H,(H2,13,14,15). The van der Waals surface area contributed by atoms with Crippen molar-refractivity contribution in [2.75, 3.05) is 5.73 Å². The zero-order valence-corrected chi connectivity index (χ0v) is 9.81. The Hall–Kier alpha value is -1.75. The molecule has 4 nitrogen and oxygen atoms in total. The molecule has 5 heteroatoms. The minimum Gasteiger partial charge on any atom is -0.368 e. The highest BCUT2D eigenvalue weighted by atomic mass is 79.9. The second kappa shape index (κ2) is 4.40. The van der Waals surface area contributed by atoms with Gasteiger partial charge in [-0.3, -0.25) is 4.79 Å². The predicted octanol–water partition coefficient (Wildman–Crippen LogP) is 2.05. The number of hydrogen-bond donors (Lipinski definition) is 1. The molecular formula is C11H8BrN3O. The fourth-order valence-electron chi connectivity index (χ4n) is 1.22. The van der Waals surface area contributed by atoms with Gasteiger partial charge in [0.25, 0.3) is 0 Å².